The quantitative estimate of drug-likeness (QED) is 0.104. The summed E-state index contributed by atoms with van der Waals surface area (Å²) in [6, 6.07) is 28.6. The Morgan fingerprint density at radius 2 is 1.61 bits per heavy atom. The zero-order chi connectivity index (χ0) is 36.6. The van der Waals surface area contributed by atoms with E-state index in [4.69, 9.17) is 4.74 Å². The number of carbonyl (C=O) groups excluding carboxylic acids is 3. The van der Waals surface area contributed by atoms with E-state index in [1.54, 1.807) is 11.2 Å². The third-order valence-corrected chi connectivity index (χ3v) is 9.27. The highest BCUT2D eigenvalue weighted by Gasteiger charge is 2.43. The maximum Gasteiger partial charge on any atom is 0.407 e. The molecular formula is C40H47N5O6. The van der Waals surface area contributed by atoms with Crippen LogP contribution in [0.25, 0.3) is 11.3 Å². The van der Waals surface area contributed by atoms with Gasteiger partial charge < -0.3 is 15.2 Å². The Labute approximate surface area is 299 Å². The minimum absolute atomic E-state index is 0.0208. The molecule has 51 heavy (non-hydrogen) atoms. The molecule has 3 amide bonds. The number of amides is 3. The van der Waals surface area contributed by atoms with Crippen molar-refractivity contribution >= 4 is 17.9 Å². The van der Waals surface area contributed by atoms with Crippen LogP contribution in [-0.4, -0.2) is 68.6 Å². The molecule has 1 aliphatic rings. The molecule has 0 spiro atoms. The molecule has 5 rings (SSSR count). The zero-order valence-electron chi connectivity index (χ0n) is 29.6. The number of ether oxygens (including phenoxy) is 1. The first-order valence-electron chi connectivity index (χ1n) is 17.1. The first-order valence-corrected chi connectivity index (χ1v) is 17.1. The number of rotatable bonds is 13. The van der Waals surface area contributed by atoms with Crippen LogP contribution in [0.1, 0.15) is 61.9 Å². The van der Waals surface area contributed by atoms with Crippen LogP contribution in [0.2, 0.25) is 0 Å². The van der Waals surface area contributed by atoms with Crippen LogP contribution >= 0.6 is 0 Å². The lowest BCUT2D eigenvalue weighted by Gasteiger charge is -2.36. The van der Waals surface area contributed by atoms with Gasteiger partial charge in [0.1, 0.15) is 6.04 Å². The standard InChI is InChI=1S/C40H47N5O6/c1-39(2,3)35(42-38(48)51-4)36(46)43-44(27-29-17-19-31(20-18-29)33-16-10-11-24-41-33)25-23-40(49,26-28-12-6-5-7-13-28)37(47)45(50)34-22-21-30-14-8-9-15-32(30)34/h5-20,24,34-35,49-50H,21-23,25-27H2,1-4H3,(H,42,48)(H,43,46)/t34?,35-,40?/m1/s1. The highest BCUT2D eigenvalue weighted by molar-refractivity contribution is 5.86. The molecule has 4 N–H and O–H groups in total. The fraction of sp³-hybridized carbons (Fsp3) is 0.350. The molecule has 11 nitrogen and oxygen atoms in total. The normalized spacial score (nSPS) is 15.7. The highest BCUT2D eigenvalue weighted by Crippen LogP contribution is 2.36. The van der Waals surface area contributed by atoms with Crippen molar-refractivity contribution < 1.29 is 29.4 Å². The van der Waals surface area contributed by atoms with Gasteiger partial charge in [-0.2, -0.15) is 0 Å². The third kappa shape index (κ3) is 9.37. The van der Waals surface area contributed by atoms with Gasteiger partial charge in [-0.25, -0.2) is 14.9 Å². The van der Waals surface area contributed by atoms with Crippen molar-refractivity contribution in [3.8, 4) is 11.3 Å². The van der Waals surface area contributed by atoms with Crippen molar-refractivity contribution in [2.75, 3.05) is 13.7 Å². The molecule has 0 fully saturated rings. The van der Waals surface area contributed by atoms with Crippen LogP contribution in [0, 0.1) is 5.41 Å². The topological polar surface area (TPSA) is 144 Å². The number of nitrogens with one attached hydrogen (secondary N) is 2. The van der Waals surface area contributed by atoms with E-state index in [9.17, 15) is 24.7 Å². The van der Waals surface area contributed by atoms with Crippen molar-refractivity contribution in [3.63, 3.8) is 0 Å². The van der Waals surface area contributed by atoms with Crippen LogP contribution in [0.15, 0.2) is 103 Å². The Morgan fingerprint density at radius 1 is 0.922 bits per heavy atom. The molecule has 0 radical (unpaired) electrons. The Morgan fingerprint density at radius 3 is 2.27 bits per heavy atom. The summed E-state index contributed by atoms with van der Waals surface area (Å²) in [5.74, 6) is -1.32. The number of fused-ring (bicyclic) bond motifs is 1. The number of hydroxylamine groups is 2. The first-order chi connectivity index (χ1) is 24.4. The number of pyridine rings is 1. The fourth-order valence-corrected chi connectivity index (χ4v) is 6.45. The molecule has 0 saturated heterocycles. The molecule has 1 heterocycles. The Balaban J connectivity index is 1.42. The van der Waals surface area contributed by atoms with Crippen LogP contribution in [0.5, 0.6) is 0 Å². The van der Waals surface area contributed by atoms with Crippen molar-refractivity contribution in [1.29, 1.82) is 0 Å². The van der Waals surface area contributed by atoms with Crippen molar-refractivity contribution in [1.82, 2.24) is 25.8 Å². The Bertz CT molecular complexity index is 1780. The molecule has 0 aliphatic heterocycles. The molecule has 11 heteroatoms. The molecule has 3 atom stereocenters. The second-order valence-corrected chi connectivity index (χ2v) is 14.1. The highest BCUT2D eigenvalue weighted by atomic mass is 16.5. The largest absolute Gasteiger partial charge is 0.453 e. The maximum atomic E-state index is 14.2. The van der Waals surface area contributed by atoms with Gasteiger partial charge in [0, 0.05) is 37.7 Å². The van der Waals surface area contributed by atoms with E-state index in [2.05, 4.69) is 15.7 Å². The molecule has 0 saturated carbocycles. The molecule has 3 aromatic carbocycles. The van der Waals surface area contributed by atoms with E-state index in [-0.39, 0.29) is 25.9 Å². The number of carbonyl (C=O) groups is 3. The van der Waals surface area contributed by atoms with Crippen molar-refractivity contribution in [2.45, 2.75) is 70.7 Å². The van der Waals surface area contributed by atoms with Gasteiger partial charge in [0.25, 0.3) is 11.8 Å². The SMILES string of the molecule is COC(=O)N[C@H](C(=O)NN(CCC(O)(Cc1ccccc1)C(=O)N(O)C1CCc2ccccc21)Cc1ccc(-c2ccccn2)cc1)C(C)(C)C. The van der Waals surface area contributed by atoms with E-state index in [1.807, 2.05) is 118 Å². The van der Waals surface area contributed by atoms with Gasteiger partial charge in [-0.15, -0.1) is 0 Å². The lowest BCUT2D eigenvalue weighted by atomic mass is 9.86. The minimum Gasteiger partial charge on any atom is -0.453 e. The molecule has 4 aromatic rings. The van der Waals surface area contributed by atoms with E-state index >= 15 is 0 Å². The molecule has 2 unspecified atom stereocenters. The van der Waals surface area contributed by atoms with Gasteiger partial charge >= 0.3 is 6.09 Å². The van der Waals surface area contributed by atoms with Crippen LogP contribution in [0.4, 0.5) is 4.79 Å². The summed E-state index contributed by atoms with van der Waals surface area (Å²) in [7, 11) is 1.23. The maximum absolute atomic E-state index is 14.2. The van der Waals surface area contributed by atoms with Crippen LogP contribution in [-0.2, 0) is 33.7 Å². The summed E-state index contributed by atoms with van der Waals surface area (Å²) in [5, 5.41) is 28.6. The van der Waals surface area contributed by atoms with Crippen molar-refractivity contribution in [2.24, 2.45) is 5.41 Å². The monoisotopic (exact) mass is 693 g/mol. The number of aryl methyl sites for hydroxylation is 1. The summed E-state index contributed by atoms with van der Waals surface area (Å²) in [6.07, 6.45) is 2.01. The number of hydrazine groups is 1. The first kappa shape index (κ1) is 37.2. The predicted molar refractivity (Wildman–Crippen MR) is 193 cm³/mol. The Kier molecular flexibility index (Phi) is 11.9. The fourth-order valence-electron chi connectivity index (χ4n) is 6.45. The number of hydrogen-bond donors (Lipinski definition) is 4. The molecule has 268 valence electrons. The number of alkyl carbamates (subject to hydrolysis) is 1. The van der Waals surface area contributed by atoms with Gasteiger partial charge in [-0.3, -0.25) is 25.2 Å². The molecule has 0 bridgehead atoms. The van der Waals surface area contributed by atoms with Gasteiger partial charge in [0.05, 0.1) is 18.8 Å². The lowest BCUT2D eigenvalue weighted by Crippen LogP contribution is -2.58. The minimum atomic E-state index is -2.03. The predicted octanol–water partition coefficient (Wildman–Crippen LogP) is 5.62. The second-order valence-electron chi connectivity index (χ2n) is 14.1. The van der Waals surface area contributed by atoms with Crippen LogP contribution in [0.3, 0.4) is 0 Å². The van der Waals surface area contributed by atoms with E-state index in [0.29, 0.717) is 23.5 Å². The number of aromatic nitrogens is 1. The number of methoxy groups -OCH3 is 1. The molecule has 1 aliphatic carbocycles. The van der Waals surface area contributed by atoms with Gasteiger partial charge in [0.2, 0.25) is 0 Å². The van der Waals surface area contributed by atoms with E-state index in [1.165, 1.54) is 7.11 Å². The average Bonchev–Trinajstić information content (AvgIpc) is 3.57. The molecule has 1 aromatic heterocycles. The van der Waals surface area contributed by atoms with E-state index in [0.717, 1.165) is 27.9 Å². The summed E-state index contributed by atoms with van der Waals surface area (Å²) in [4.78, 5) is 44.6. The number of hydrogen-bond acceptors (Lipinski definition) is 8. The third-order valence-electron chi connectivity index (χ3n) is 9.27. The molecular weight excluding hydrogens is 646 g/mol. The lowest BCUT2D eigenvalue weighted by molar-refractivity contribution is -0.197. The summed E-state index contributed by atoms with van der Waals surface area (Å²) in [6.45, 7) is 5.69. The van der Waals surface area contributed by atoms with Gasteiger partial charge in [0.15, 0.2) is 5.60 Å². The van der Waals surface area contributed by atoms with Crippen LogP contribution < -0.4 is 10.7 Å². The smallest absolute Gasteiger partial charge is 0.407 e. The number of aliphatic hydroxyl groups is 1. The zero-order valence-corrected chi connectivity index (χ0v) is 29.6. The summed E-state index contributed by atoms with van der Waals surface area (Å²) < 4.78 is 4.79. The van der Waals surface area contributed by atoms with Gasteiger partial charge in [-0.1, -0.05) is 106 Å². The van der Waals surface area contributed by atoms with Gasteiger partial charge in [-0.05, 0) is 52.6 Å². The van der Waals surface area contributed by atoms with Crippen molar-refractivity contribution in [3.05, 3.63) is 126 Å². The Hall–Kier alpha value is -5.10. The summed E-state index contributed by atoms with van der Waals surface area (Å²) in [5.41, 5.74) is 5.41. The average molecular weight is 694 g/mol. The number of nitrogens with zero attached hydrogens (tertiary/aromatic N) is 3. The second kappa shape index (κ2) is 16.3. The van der Waals surface area contributed by atoms with E-state index < -0.39 is 41.0 Å². The number of benzene rings is 3. The summed E-state index contributed by atoms with van der Waals surface area (Å²) >= 11 is 0.